The number of ether oxygens (including phenoxy) is 2. The van der Waals surface area contributed by atoms with Crippen molar-refractivity contribution in [2.45, 2.75) is 26.7 Å². The van der Waals surface area contributed by atoms with Crippen molar-refractivity contribution in [1.82, 2.24) is 0 Å². The summed E-state index contributed by atoms with van der Waals surface area (Å²) in [4.78, 5) is 11.4. The summed E-state index contributed by atoms with van der Waals surface area (Å²) in [6.45, 7) is 5.40. The molecule has 0 N–H and O–H groups in total. The van der Waals surface area contributed by atoms with Gasteiger partial charge in [-0.05, 0) is 18.8 Å². The van der Waals surface area contributed by atoms with Gasteiger partial charge in [-0.3, -0.25) is 0 Å². The molecule has 1 rings (SSSR count). The van der Waals surface area contributed by atoms with E-state index < -0.39 is 0 Å². The molecule has 0 bridgehead atoms. The Morgan fingerprint density at radius 2 is 2.36 bits per heavy atom. The molecule has 3 nitrogen and oxygen atoms in total. The Labute approximate surface area is 85.1 Å². The van der Waals surface area contributed by atoms with E-state index in [4.69, 9.17) is 9.47 Å². The molecule has 1 heterocycles. The summed E-state index contributed by atoms with van der Waals surface area (Å²) in [7, 11) is 1.41. The highest BCUT2D eigenvalue weighted by molar-refractivity contribution is 5.89. The summed E-state index contributed by atoms with van der Waals surface area (Å²) >= 11 is 0. The van der Waals surface area contributed by atoms with Gasteiger partial charge < -0.3 is 9.47 Å². The van der Waals surface area contributed by atoms with E-state index in [2.05, 4.69) is 13.8 Å². The molecule has 14 heavy (non-hydrogen) atoms. The third-order valence-electron chi connectivity index (χ3n) is 2.79. The second-order valence-electron chi connectivity index (χ2n) is 3.61. The van der Waals surface area contributed by atoms with Gasteiger partial charge >= 0.3 is 5.97 Å². The topological polar surface area (TPSA) is 35.5 Å². The molecule has 0 aliphatic carbocycles. The van der Waals surface area contributed by atoms with Gasteiger partial charge in [-0.1, -0.05) is 19.4 Å². The normalized spacial score (nSPS) is 19.4. The lowest BCUT2D eigenvalue weighted by Crippen LogP contribution is -2.21. The van der Waals surface area contributed by atoms with Crippen molar-refractivity contribution in [3.63, 3.8) is 0 Å². The average molecular weight is 198 g/mol. The zero-order chi connectivity index (χ0) is 10.6. The fourth-order valence-electron chi connectivity index (χ4n) is 1.70. The molecule has 0 aromatic carbocycles. The first kappa shape index (κ1) is 11.2. The highest BCUT2D eigenvalue weighted by Gasteiger charge is 2.22. The largest absolute Gasteiger partial charge is 0.466 e. The van der Waals surface area contributed by atoms with Crippen LogP contribution in [0, 0.1) is 5.92 Å². The summed E-state index contributed by atoms with van der Waals surface area (Å²) in [5.74, 6) is 0.216. The quantitative estimate of drug-likeness (QED) is 0.650. The summed E-state index contributed by atoms with van der Waals surface area (Å²) in [5.41, 5.74) is 1.94. The maximum atomic E-state index is 11.4. The van der Waals surface area contributed by atoms with E-state index in [1.165, 1.54) is 12.7 Å². The Kier molecular flexibility index (Phi) is 4.14. The minimum absolute atomic E-state index is 0.236. The van der Waals surface area contributed by atoms with Crippen LogP contribution in [0.4, 0.5) is 0 Å². The Morgan fingerprint density at radius 1 is 1.64 bits per heavy atom. The van der Waals surface area contributed by atoms with Crippen molar-refractivity contribution in [3.8, 4) is 0 Å². The number of carbonyl (C=O) groups is 1. The molecule has 0 aromatic heterocycles. The van der Waals surface area contributed by atoms with Gasteiger partial charge in [-0.15, -0.1) is 0 Å². The number of carbonyl (C=O) groups excluding carboxylic acids is 1. The third-order valence-corrected chi connectivity index (χ3v) is 2.79. The second kappa shape index (κ2) is 5.15. The lowest BCUT2D eigenvalue weighted by atomic mass is 9.90. The van der Waals surface area contributed by atoms with Crippen molar-refractivity contribution in [2.75, 3.05) is 20.3 Å². The van der Waals surface area contributed by atoms with Crippen LogP contribution in [0.5, 0.6) is 0 Å². The molecule has 1 aliphatic heterocycles. The SMILES string of the molecule is CCC(C)C1=C(C(=O)OC)COCC1. The molecule has 0 aromatic rings. The molecule has 1 aliphatic rings. The summed E-state index contributed by atoms with van der Waals surface area (Å²) in [6, 6.07) is 0. The van der Waals surface area contributed by atoms with Crippen molar-refractivity contribution in [2.24, 2.45) is 5.92 Å². The molecule has 80 valence electrons. The predicted octanol–water partition coefficient (Wildman–Crippen LogP) is 1.92. The van der Waals surface area contributed by atoms with E-state index in [0.717, 1.165) is 25.0 Å². The number of rotatable bonds is 3. The Morgan fingerprint density at radius 3 is 2.93 bits per heavy atom. The Balaban J connectivity index is 2.90. The molecule has 0 radical (unpaired) electrons. The van der Waals surface area contributed by atoms with E-state index >= 15 is 0 Å². The summed E-state index contributed by atoms with van der Waals surface area (Å²) in [5, 5.41) is 0. The molecular weight excluding hydrogens is 180 g/mol. The number of hydrogen-bond donors (Lipinski definition) is 0. The maximum Gasteiger partial charge on any atom is 0.336 e. The molecule has 0 fully saturated rings. The van der Waals surface area contributed by atoms with Gasteiger partial charge in [-0.25, -0.2) is 4.79 Å². The summed E-state index contributed by atoms with van der Waals surface area (Å²) in [6.07, 6.45) is 1.91. The van der Waals surface area contributed by atoms with Crippen molar-refractivity contribution in [1.29, 1.82) is 0 Å². The minimum atomic E-state index is -0.236. The van der Waals surface area contributed by atoms with E-state index in [1.807, 2.05) is 0 Å². The molecule has 0 amide bonds. The summed E-state index contributed by atoms with van der Waals surface area (Å²) < 4.78 is 10.0. The van der Waals surface area contributed by atoms with Gasteiger partial charge in [0.2, 0.25) is 0 Å². The van der Waals surface area contributed by atoms with E-state index in [9.17, 15) is 4.79 Å². The first-order valence-electron chi connectivity index (χ1n) is 5.08. The van der Waals surface area contributed by atoms with Crippen LogP contribution >= 0.6 is 0 Å². The first-order chi connectivity index (χ1) is 6.70. The van der Waals surface area contributed by atoms with Crippen molar-refractivity contribution < 1.29 is 14.3 Å². The number of esters is 1. The molecule has 0 spiro atoms. The van der Waals surface area contributed by atoms with Crippen LogP contribution in [0.2, 0.25) is 0 Å². The molecule has 3 heteroatoms. The number of hydrogen-bond acceptors (Lipinski definition) is 3. The highest BCUT2D eigenvalue weighted by Crippen LogP contribution is 2.26. The fourth-order valence-corrected chi connectivity index (χ4v) is 1.70. The van der Waals surface area contributed by atoms with Gasteiger partial charge in [0.1, 0.15) is 0 Å². The molecule has 1 atom stereocenters. The van der Waals surface area contributed by atoms with Gasteiger partial charge in [0.05, 0.1) is 25.9 Å². The zero-order valence-electron chi connectivity index (χ0n) is 9.13. The van der Waals surface area contributed by atoms with Crippen LogP contribution in [0.3, 0.4) is 0 Å². The van der Waals surface area contributed by atoms with Gasteiger partial charge in [0.25, 0.3) is 0 Å². The van der Waals surface area contributed by atoms with Crippen molar-refractivity contribution >= 4 is 5.97 Å². The highest BCUT2D eigenvalue weighted by atomic mass is 16.5. The van der Waals surface area contributed by atoms with Crippen LogP contribution < -0.4 is 0 Å². The average Bonchev–Trinajstić information content (AvgIpc) is 2.27. The lowest BCUT2D eigenvalue weighted by Gasteiger charge is -2.23. The standard InChI is InChI=1S/C11H18O3/c1-4-8(2)9-5-6-14-7-10(9)11(12)13-3/h8H,4-7H2,1-3H3. The third kappa shape index (κ3) is 2.35. The van der Waals surface area contributed by atoms with Crippen LogP contribution in [0.1, 0.15) is 26.7 Å². The van der Waals surface area contributed by atoms with Crippen LogP contribution in [-0.2, 0) is 14.3 Å². The van der Waals surface area contributed by atoms with E-state index in [1.54, 1.807) is 0 Å². The van der Waals surface area contributed by atoms with Crippen LogP contribution in [0.15, 0.2) is 11.1 Å². The zero-order valence-corrected chi connectivity index (χ0v) is 9.13. The minimum Gasteiger partial charge on any atom is -0.466 e. The molecular formula is C11H18O3. The monoisotopic (exact) mass is 198 g/mol. The second-order valence-corrected chi connectivity index (χ2v) is 3.61. The lowest BCUT2D eigenvalue weighted by molar-refractivity contribution is -0.137. The number of methoxy groups -OCH3 is 1. The maximum absolute atomic E-state index is 11.4. The van der Waals surface area contributed by atoms with Crippen LogP contribution in [0.25, 0.3) is 0 Å². The molecule has 0 saturated heterocycles. The van der Waals surface area contributed by atoms with Crippen LogP contribution in [-0.4, -0.2) is 26.3 Å². The smallest absolute Gasteiger partial charge is 0.336 e. The van der Waals surface area contributed by atoms with E-state index in [0.29, 0.717) is 12.5 Å². The fraction of sp³-hybridized carbons (Fsp3) is 0.727. The predicted molar refractivity (Wildman–Crippen MR) is 53.9 cm³/mol. The first-order valence-corrected chi connectivity index (χ1v) is 5.08. The van der Waals surface area contributed by atoms with Crippen molar-refractivity contribution in [3.05, 3.63) is 11.1 Å². The molecule has 0 saturated carbocycles. The van der Waals surface area contributed by atoms with Gasteiger partial charge in [0, 0.05) is 0 Å². The van der Waals surface area contributed by atoms with Gasteiger partial charge in [0.15, 0.2) is 0 Å². The van der Waals surface area contributed by atoms with Gasteiger partial charge in [-0.2, -0.15) is 0 Å². The molecule has 1 unspecified atom stereocenters. The Hall–Kier alpha value is -0.830. The van der Waals surface area contributed by atoms with E-state index in [-0.39, 0.29) is 5.97 Å². The Bertz CT molecular complexity index is 243.